The van der Waals surface area contributed by atoms with E-state index < -0.39 is 0 Å². The average Bonchev–Trinajstić information content (AvgIpc) is 2.51. The summed E-state index contributed by atoms with van der Waals surface area (Å²) in [5.74, 6) is 5.18. The summed E-state index contributed by atoms with van der Waals surface area (Å²) < 4.78 is 5.13. The fraction of sp³-hybridized carbons (Fsp3) is 0.125. The highest BCUT2D eigenvalue weighted by atomic mass is 16.3. The second-order valence-corrected chi connectivity index (χ2v) is 2.54. The third-order valence-corrected chi connectivity index (χ3v) is 1.70. The third kappa shape index (κ3) is 1.17. The second-order valence-electron chi connectivity index (χ2n) is 2.54. The number of aromatic nitrogens is 1. The van der Waals surface area contributed by atoms with Gasteiger partial charge in [-0.3, -0.25) is 11.3 Å². The molecule has 3 N–H and O–H groups in total. The predicted octanol–water partition coefficient (Wildman–Crippen LogP) is 0.791. The number of hydrazine groups is 1. The maximum atomic E-state index is 5.18. The molecule has 4 heteroatoms. The number of benzene rings is 1. The molecule has 62 valence electrons. The van der Waals surface area contributed by atoms with Crippen molar-refractivity contribution < 1.29 is 4.42 Å². The highest BCUT2D eigenvalue weighted by Crippen LogP contribution is 2.13. The number of nitrogens with one attached hydrogen (secondary N) is 1. The Labute approximate surface area is 69.4 Å². The number of hydrogen-bond acceptors (Lipinski definition) is 4. The zero-order valence-electron chi connectivity index (χ0n) is 6.45. The van der Waals surface area contributed by atoms with E-state index in [0.717, 1.165) is 16.7 Å². The van der Waals surface area contributed by atoms with Crippen LogP contribution in [-0.4, -0.2) is 4.98 Å². The van der Waals surface area contributed by atoms with E-state index in [1.165, 1.54) is 6.39 Å². The minimum atomic E-state index is 0.636. The number of oxazole rings is 1. The summed E-state index contributed by atoms with van der Waals surface area (Å²) in [6.45, 7) is 0.636. The Kier molecular flexibility index (Phi) is 1.77. The summed E-state index contributed by atoms with van der Waals surface area (Å²) in [6, 6.07) is 5.79. The normalized spacial score (nSPS) is 10.8. The SMILES string of the molecule is NNCc1ccc2ncoc2c1. The topological polar surface area (TPSA) is 64.1 Å². The Morgan fingerprint density at radius 1 is 1.50 bits per heavy atom. The molecule has 2 rings (SSSR count). The van der Waals surface area contributed by atoms with Gasteiger partial charge in [0, 0.05) is 6.54 Å². The van der Waals surface area contributed by atoms with Crippen molar-refractivity contribution in [2.24, 2.45) is 5.84 Å². The lowest BCUT2D eigenvalue weighted by Gasteiger charge is -1.97. The number of hydrogen-bond donors (Lipinski definition) is 2. The summed E-state index contributed by atoms with van der Waals surface area (Å²) in [7, 11) is 0. The summed E-state index contributed by atoms with van der Waals surface area (Å²) >= 11 is 0. The maximum absolute atomic E-state index is 5.18. The molecular weight excluding hydrogens is 154 g/mol. The van der Waals surface area contributed by atoms with Gasteiger partial charge >= 0.3 is 0 Å². The molecule has 12 heavy (non-hydrogen) atoms. The maximum Gasteiger partial charge on any atom is 0.181 e. The van der Waals surface area contributed by atoms with E-state index in [4.69, 9.17) is 10.3 Å². The minimum Gasteiger partial charge on any atom is -0.443 e. The molecule has 2 aromatic rings. The van der Waals surface area contributed by atoms with Crippen LogP contribution >= 0.6 is 0 Å². The van der Waals surface area contributed by atoms with E-state index in [-0.39, 0.29) is 0 Å². The van der Waals surface area contributed by atoms with Gasteiger partial charge in [-0.25, -0.2) is 4.98 Å². The highest BCUT2D eigenvalue weighted by Gasteiger charge is 1.98. The van der Waals surface area contributed by atoms with Crippen molar-refractivity contribution >= 4 is 11.1 Å². The Morgan fingerprint density at radius 2 is 2.42 bits per heavy atom. The van der Waals surface area contributed by atoms with E-state index in [0.29, 0.717) is 6.54 Å². The Hall–Kier alpha value is -1.39. The summed E-state index contributed by atoms with van der Waals surface area (Å²) in [4.78, 5) is 4.00. The lowest BCUT2D eigenvalue weighted by Crippen LogP contribution is -2.20. The molecule has 1 heterocycles. The molecule has 0 aliphatic rings. The summed E-state index contributed by atoms with van der Waals surface area (Å²) in [5, 5.41) is 0. The summed E-state index contributed by atoms with van der Waals surface area (Å²) in [5.41, 5.74) is 5.33. The van der Waals surface area contributed by atoms with Gasteiger partial charge in [-0.1, -0.05) is 6.07 Å². The largest absolute Gasteiger partial charge is 0.443 e. The molecule has 0 aliphatic carbocycles. The molecule has 4 nitrogen and oxygen atoms in total. The van der Waals surface area contributed by atoms with E-state index in [2.05, 4.69) is 10.4 Å². The van der Waals surface area contributed by atoms with Gasteiger partial charge < -0.3 is 4.42 Å². The van der Waals surface area contributed by atoms with Crippen LogP contribution in [0, 0.1) is 0 Å². The average molecular weight is 163 g/mol. The monoisotopic (exact) mass is 163 g/mol. The van der Waals surface area contributed by atoms with Gasteiger partial charge in [-0.2, -0.15) is 0 Å². The van der Waals surface area contributed by atoms with E-state index >= 15 is 0 Å². The molecule has 0 atom stereocenters. The van der Waals surface area contributed by atoms with Crippen molar-refractivity contribution in [3.8, 4) is 0 Å². The Morgan fingerprint density at radius 3 is 3.25 bits per heavy atom. The third-order valence-electron chi connectivity index (χ3n) is 1.70. The van der Waals surface area contributed by atoms with Gasteiger partial charge in [-0.15, -0.1) is 0 Å². The van der Waals surface area contributed by atoms with Crippen LogP contribution in [0.25, 0.3) is 11.1 Å². The molecule has 0 unspecified atom stereocenters. The molecule has 0 spiro atoms. The molecule has 0 aliphatic heterocycles. The lowest BCUT2D eigenvalue weighted by molar-refractivity contribution is 0.601. The van der Waals surface area contributed by atoms with Crippen LogP contribution in [0.3, 0.4) is 0 Å². The Bertz CT molecular complexity index is 382. The van der Waals surface area contributed by atoms with Crippen molar-refractivity contribution in [3.63, 3.8) is 0 Å². The lowest BCUT2D eigenvalue weighted by atomic mass is 10.2. The molecule has 0 bridgehead atoms. The molecule has 0 saturated heterocycles. The van der Waals surface area contributed by atoms with Crippen LogP contribution in [0.15, 0.2) is 29.0 Å². The molecule has 1 aromatic heterocycles. The zero-order chi connectivity index (χ0) is 8.39. The second kappa shape index (κ2) is 2.92. The highest BCUT2D eigenvalue weighted by molar-refractivity contribution is 5.72. The van der Waals surface area contributed by atoms with Crippen molar-refractivity contribution in [3.05, 3.63) is 30.2 Å². The van der Waals surface area contributed by atoms with E-state index in [1.807, 2.05) is 18.2 Å². The van der Waals surface area contributed by atoms with Crippen LogP contribution in [0.1, 0.15) is 5.56 Å². The number of rotatable bonds is 2. The first-order valence-electron chi connectivity index (χ1n) is 3.66. The molecule has 0 amide bonds. The molecule has 1 aromatic carbocycles. The van der Waals surface area contributed by atoms with Crippen LogP contribution in [0.5, 0.6) is 0 Å². The van der Waals surface area contributed by atoms with Crippen LogP contribution in [0.4, 0.5) is 0 Å². The first-order chi connectivity index (χ1) is 5.90. The van der Waals surface area contributed by atoms with Gasteiger partial charge in [0.25, 0.3) is 0 Å². The predicted molar refractivity (Wildman–Crippen MR) is 45.0 cm³/mol. The fourth-order valence-corrected chi connectivity index (χ4v) is 1.13. The van der Waals surface area contributed by atoms with Gasteiger partial charge in [-0.05, 0) is 17.7 Å². The minimum absolute atomic E-state index is 0.636. The number of nitrogens with two attached hydrogens (primary N) is 1. The van der Waals surface area contributed by atoms with Crippen LogP contribution in [-0.2, 0) is 6.54 Å². The molecule has 0 saturated carbocycles. The van der Waals surface area contributed by atoms with Crippen molar-refractivity contribution in [2.75, 3.05) is 0 Å². The molecule has 0 fully saturated rings. The zero-order valence-corrected chi connectivity index (χ0v) is 6.45. The van der Waals surface area contributed by atoms with Crippen molar-refractivity contribution in [2.45, 2.75) is 6.54 Å². The van der Waals surface area contributed by atoms with Crippen LogP contribution in [0.2, 0.25) is 0 Å². The van der Waals surface area contributed by atoms with Crippen molar-refractivity contribution in [1.29, 1.82) is 0 Å². The number of fused-ring (bicyclic) bond motifs is 1. The molecular formula is C8H9N3O. The van der Waals surface area contributed by atoms with Gasteiger partial charge in [0.15, 0.2) is 12.0 Å². The smallest absolute Gasteiger partial charge is 0.181 e. The van der Waals surface area contributed by atoms with Gasteiger partial charge in [0.2, 0.25) is 0 Å². The first-order valence-corrected chi connectivity index (χ1v) is 3.66. The molecule has 0 radical (unpaired) electrons. The standard InChI is InChI=1S/C8H9N3O/c9-11-4-6-1-2-7-8(3-6)12-5-10-7/h1-3,5,11H,4,9H2. The summed E-state index contributed by atoms with van der Waals surface area (Å²) in [6.07, 6.45) is 1.43. The first kappa shape index (κ1) is 7.27. The van der Waals surface area contributed by atoms with Gasteiger partial charge in [0.05, 0.1) is 0 Å². The van der Waals surface area contributed by atoms with Gasteiger partial charge in [0.1, 0.15) is 5.52 Å². The quantitative estimate of drug-likeness (QED) is 0.507. The van der Waals surface area contributed by atoms with E-state index in [9.17, 15) is 0 Å². The fourth-order valence-electron chi connectivity index (χ4n) is 1.13. The van der Waals surface area contributed by atoms with Crippen LogP contribution < -0.4 is 11.3 Å². The Balaban J connectivity index is 2.46. The number of nitrogens with zero attached hydrogens (tertiary/aromatic N) is 1. The van der Waals surface area contributed by atoms with Crippen molar-refractivity contribution in [1.82, 2.24) is 10.4 Å². The van der Waals surface area contributed by atoms with E-state index in [1.54, 1.807) is 0 Å².